The molecule has 1 amide bonds. The standard InChI is InChI=1S/C20H21F2N3O2/c1-13-4-2-5-14(8-13)19(26)25-20(23-12-18-6-3-7-27-18)24-17-10-15(21)9-16(22)11-17/h2,4-5,8-11,18H,3,6-7,12H2,1H3,(H2,23,24,25,26)/t18-/m1/s1. The smallest absolute Gasteiger partial charge is 0.257 e. The molecule has 2 N–H and O–H groups in total. The van der Waals surface area contributed by atoms with E-state index in [4.69, 9.17) is 4.74 Å². The predicted octanol–water partition coefficient (Wildman–Crippen LogP) is 3.65. The Morgan fingerprint density at radius 3 is 2.67 bits per heavy atom. The predicted molar refractivity (Wildman–Crippen MR) is 99.9 cm³/mol. The van der Waals surface area contributed by atoms with Gasteiger partial charge in [0, 0.05) is 23.9 Å². The highest BCUT2D eigenvalue weighted by Crippen LogP contribution is 2.14. The molecule has 0 saturated carbocycles. The molecule has 5 nitrogen and oxygen atoms in total. The van der Waals surface area contributed by atoms with Crippen LogP contribution in [0.2, 0.25) is 0 Å². The van der Waals surface area contributed by atoms with Crippen LogP contribution in [0.25, 0.3) is 0 Å². The van der Waals surface area contributed by atoms with Crippen LogP contribution >= 0.6 is 0 Å². The van der Waals surface area contributed by atoms with Gasteiger partial charge in [0.05, 0.1) is 12.6 Å². The van der Waals surface area contributed by atoms with Crippen molar-refractivity contribution in [2.75, 3.05) is 18.5 Å². The number of guanidine groups is 1. The molecule has 0 spiro atoms. The van der Waals surface area contributed by atoms with Crippen molar-refractivity contribution in [3.63, 3.8) is 0 Å². The van der Waals surface area contributed by atoms with Crippen molar-refractivity contribution < 1.29 is 18.3 Å². The Morgan fingerprint density at radius 2 is 2.00 bits per heavy atom. The number of nitrogens with one attached hydrogen (secondary N) is 2. The lowest BCUT2D eigenvalue weighted by molar-refractivity contribution is 0.0975. The van der Waals surface area contributed by atoms with Crippen molar-refractivity contribution in [1.29, 1.82) is 0 Å². The first-order valence-corrected chi connectivity index (χ1v) is 8.77. The molecule has 2 aromatic carbocycles. The Hall–Kier alpha value is -2.80. The lowest BCUT2D eigenvalue weighted by Crippen LogP contribution is -2.36. The van der Waals surface area contributed by atoms with Gasteiger partial charge >= 0.3 is 0 Å². The number of halogens is 2. The summed E-state index contributed by atoms with van der Waals surface area (Å²) in [5.41, 5.74) is 1.57. The third kappa shape index (κ3) is 5.59. The SMILES string of the molecule is Cc1cccc(C(=O)NC(=NC[C@H]2CCCO2)Nc2cc(F)cc(F)c2)c1. The number of anilines is 1. The van der Waals surface area contributed by atoms with Gasteiger partial charge in [-0.05, 0) is 44.0 Å². The van der Waals surface area contributed by atoms with Crippen molar-refractivity contribution >= 4 is 17.6 Å². The normalized spacial score (nSPS) is 17.0. The zero-order valence-electron chi connectivity index (χ0n) is 15.0. The summed E-state index contributed by atoms with van der Waals surface area (Å²) in [7, 11) is 0. The fourth-order valence-corrected chi connectivity index (χ4v) is 2.82. The van der Waals surface area contributed by atoms with Crippen LogP contribution in [-0.4, -0.2) is 31.1 Å². The number of rotatable bonds is 4. The summed E-state index contributed by atoms with van der Waals surface area (Å²) in [5, 5.41) is 5.45. The Kier molecular flexibility index (Phi) is 6.13. The fourth-order valence-electron chi connectivity index (χ4n) is 2.82. The Balaban J connectivity index is 1.77. The van der Waals surface area contributed by atoms with Crippen molar-refractivity contribution in [2.24, 2.45) is 4.99 Å². The van der Waals surface area contributed by atoms with Gasteiger partial charge < -0.3 is 10.1 Å². The molecule has 1 fully saturated rings. The first-order valence-electron chi connectivity index (χ1n) is 8.77. The maximum Gasteiger partial charge on any atom is 0.257 e. The van der Waals surface area contributed by atoms with Crippen molar-refractivity contribution in [3.8, 4) is 0 Å². The fraction of sp³-hybridized carbons (Fsp3) is 0.300. The number of benzene rings is 2. The number of aryl methyl sites for hydroxylation is 1. The highest BCUT2D eigenvalue weighted by atomic mass is 19.1. The number of aliphatic imine (C=N–C) groups is 1. The molecule has 0 bridgehead atoms. The average molecular weight is 373 g/mol. The molecule has 0 radical (unpaired) electrons. The molecule has 2 aromatic rings. The summed E-state index contributed by atoms with van der Waals surface area (Å²) < 4.78 is 32.4. The van der Waals surface area contributed by atoms with Gasteiger partial charge in [0.25, 0.3) is 5.91 Å². The highest BCUT2D eigenvalue weighted by molar-refractivity contribution is 6.10. The van der Waals surface area contributed by atoms with E-state index in [1.165, 1.54) is 0 Å². The number of carbonyl (C=O) groups is 1. The minimum atomic E-state index is -0.721. The second-order valence-electron chi connectivity index (χ2n) is 6.43. The Labute approximate surface area is 156 Å². The molecular weight excluding hydrogens is 352 g/mol. The van der Waals surface area contributed by atoms with Gasteiger partial charge in [0.15, 0.2) is 0 Å². The number of ether oxygens (including phenoxy) is 1. The third-order valence-electron chi connectivity index (χ3n) is 4.11. The molecule has 7 heteroatoms. The zero-order valence-corrected chi connectivity index (χ0v) is 15.0. The lowest BCUT2D eigenvalue weighted by Gasteiger charge is -2.14. The number of amides is 1. The summed E-state index contributed by atoms with van der Waals surface area (Å²) in [6, 6.07) is 10.1. The largest absolute Gasteiger partial charge is 0.376 e. The summed E-state index contributed by atoms with van der Waals surface area (Å²) in [6.07, 6.45) is 1.83. The Bertz CT molecular complexity index is 829. The van der Waals surface area contributed by atoms with Crippen LogP contribution in [0.1, 0.15) is 28.8 Å². The van der Waals surface area contributed by atoms with Crippen LogP contribution in [0.4, 0.5) is 14.5 Å². The topological polar surface area (TPSA) is 62.7 Å². The van der Waals surface area contributed by atoms with Gasteiger partial charge in [-0.2, -0.15) is 0 Å². The molecule has 1 aliphatic heterocycles. The van der Waals surface area contributed by atoms with Crippen LogP contribution < -0.4 is 10.6 Å². The van der Waals surface area contributed by atoms with E-state index in [9.17, 15) is 13.6 Å². The number of carbonyl (C=O) groups excluding carboxylic acids is 1. The average Bonchev–Trinajstić information content (AvgIpc) is 3.12. The van der Waals surface area contributed by atoms with E-state index in [0.29, 0.717) is 18.7 Å². The first-order chi connectivity index (χ1) is 13.0. The van der Waals surface area contributed by atoms with E-state index in [1.807, 2.05) is 13.0 Å². The van der Waals surface area contributed by atoms with E-state index >= 15 is 0 Å². The van der Waals surface area contributed by atoms with Crippen LogP contribution in [0.5, 0.6) is 0 Å². The third-order valence-corrected chi connectivity index (χ3v) is 4.11. The molecule has 27 heavy (non-hydrogen) atoms. The molecule has 1 aliphatic rings. The molecule has 142 valence electrons. The minimum absolute atomic E-state index is 0.0260. The van der Waals surface area contributed by atoms with Crippen LogP contribution in [0.3, 0.4) is 0 Å². The second kappa shape index (κ2) is 8.73. The molecule has 1 heterocycles. The van der Waals surface area contributed by atoms with E-state index in [1.54, 1.807) is 18.2 Å². The molecule has 0 unspecified atom stereocenters. The number of nitrogens with zero attached hydrogens (tertiary/aromatic N) is 1. The molecule has 1 atom stereocenters. The summed E-state index contributed by atoms with van der Waals surface area (Å²) in [5.74, 6) is -1.70. The zero-order chi connectivity index (χ0) is 19.2. The summed E-state index contributed by atoms with van der Waals surface area (Å²) in [6.45, 7) is 2.92. The quantitative estimate of drug-likeness (QED) is 0.635. The maximum atomic E-state index is 13.5. The van der Waals surface area contributed by atoms with Gasteiger partial charge in [-0.15, -0.1) is 0 Å². The summed E-state index contributed by atoms with van der Waals surface area (Å²) in [4.78, 5) is 16.9. The van der Waals surface area contributed by atoms with Gasteiger partial charge in [-0.25, -0.2) is 13.8 Å². The van der Waals surface area contributed by atoms with Crippen LogP contribution in [0.15, 0.2) is 47.5 Å². The van der Waals surface area contributed by atoms with E-state index in [0.717, 1.165) is 36.6 Å². The van der Waals surface area contributed by atoms with Gasteiger partial charge in [0.1, 0.15) is 11.6 Å². The molecule has 0 aromatic heterocycles. The summed E-state index contributed by atoms with van der Waals surface area (Å²) >= 11 is 0. The van der Waals surface area contributed by atoms with Crippen molar-refractivity contribution in [1.82, 2.24) is 5.32 Å². The monoisotopic (exact) mass is 373 g/mol. The molecular formula is C20H21F2N3O2. The van der Waals surface area contributed by atoms with Crippen molar-refractivity contribution in [3.05, 3.63) is 65.2 Å². The molecule has 0 aliphatic carbocycles. The van der Waals surface area contributed by atoms with Gasteiger partial charge in [0.2, 0.25) is 5.96 Å². The van der Waals surface area contributed by atoms with Gasteiger partial charge in [-0.3, -0.25) is 10.1 Å². The number of hydrogen-bond donors (Lipinski definition) is 2. The van der Waals surface area contributed by atoms with E-state index in [2.05, 4.69) is 15.6 Å². The van der Waals surface area contributed by atoms with Gasteiger partial charge in [-0.1, -0.05) is 17.7 Å². The molecule has 1 saturated heterocycles. The number of hydrogen-bond acceptors (Lipinski definition) is 3. The lowest BCUT2D eigenvalue weighted by atomic mass is 10.1. The Morgan fingerprint density at radius 1 is 1.22 bits per heavy atom. The first kappa shape index (κ1) is 19.0. The van der Waals surface area contributed by atoms with E-state index in [-0.39, 0.29) is 23.7 Å². The highest BCUT2D eigenvalue weighted by Gasteiger charge is 2.16. The van der Waals surface area contributed by atoms with Crippen molar-refractivity contribution in [2.45, 2.75) is 25.9 Å². The maximum absolute atomic E-state index is 13.5. The minimum Gasteiger partial charge on any atom is -0.376 e. The second-order valence-corrected chi connectivity index (χ2v) is 6.43. The molecule has 3 rings (SSSR count). The van der Waals surface area contributed by atoms with E-state index < -0.39 is 11.6 Å². The van der Waals surface area contributed by atoms with Crippen LogP contribution in [-0.2, 0) is 4.74 Å². The van der Waals surface area contributed by atoms with Crippen LogP contribution in [0, 0.1) is 18.6 Å².